The van der Waals surface area contributed by atoms with Gasteiger partial charge in [0, 0.05) is 0 Å². The fourth-order valence-corrected chi connectivity index (χ4v) is 1.11. The van der Waals surface area contributed by atoms with Gasteiger partial charge >= 0.3 is 74.5 Å². The Morgan fingerprint density at radius 1 is 1.30 bits per heavy atom. The first-order chi connectivity index (χ1) is 4.84. The molecule has 0 aliphatic rings. The molecule has 49 valence electrons. The van der Waals surface area contributed by atoms with E-state index >= 15 is 0 Å². The minimum absolute atomic E-state index is 1.12. The van der Waals surface area contributed by atoms with Crippen molar-refractivity contribution in [3.05, 3.63) is 35.9 Å². The fourth-order valence-electron chi connectivity index (χ4n) is 0.744. The Balaban J connectivity index is 2.96. The van der Waals surface area contributed by atoms with Crippen LogP contribution in [0.2, 0.25) is 0 Å². The van der Waals surface area contributed by atoms with E-state index in [1.54, 1.807) is 0 Å². The van der Waals surface area contributed by atoms with Gasteiger partial charge in [0.05, 0.1) is 0 Å². The van der Waals surface area contributed by atoms with Gasteiger partial charge in [-0.1, -0.05) is 0 Å². The molecule has 0 saturated heterocycles. The zero-order valence-electron chi connectivity index (χ0n) is 5.83. The van der Waals surface area contributed by atoms with Crippen LogP contribution >= 0.6 is 0 Å². The van der Waals surface area contributed by atoms with Crippen molar-refractivity contribution in [2.24, 2.45) is 3.21 Å². The van der Waals surface area contributed by atoms with Gasteiger partial charge in [-0.15, -0.1) is 0 Å². The number of nitrogens with zero attached hydrogens (tertiary/aromatic N) is 1. The molecule has 0 unspecified atom stereocenters. The van der Waals surface area contributed by atoms with Gasteiger partial charge in [-0.3, -0.25) is 0 Å². The topological polar surface area (TPSA) is 12.4 Å². The first-order valence-electron chi connectivity index (χ1n) is 3.11. The Labute approximate surface area is 74.6 Å². The van der Waals surface area contributed by atoms with E-state index in [0.29, 0.717) is 0 Å². The molecule has 0 atom stereocenters. The van der Waals surface area contributed by atoms with Crippen molar-refractivity contribution < 1.29 is 0 Å². The van der Waals surface area contributed by atoms with Crippen LogP contribution in [-0.4, -0.2) is 28.5 Å². The second-order valence-corrected chi connectivity index (χ2v) is 2.70. The maximum absolute atomic E-state index is 4.17. The summed E-state index contributed by atoms with van der Waals surface area (Å²) >= 11 is 1.22. The minimum atomic E-state index is 1.12. The normalized spacial score (nSPS) is 11.6. The van der Waals surface area contributed by atoms with Crippen molar-refractivity contribution in [1.82, 2.24) is 0 Å². The molecular formula is C8H8NSn. The second kappa shape index (κ2) is 3.76. The molecule has 10 heavy (non-hydrogen) atoms. The molecule has 1 rings (SSSR count). The molecule has 0 aromatic heterocycles. The van der Waals surface area contributed by atoms with Crippen LogP contribution in [0.25, 0.3) is 0 Å². The zero-order chi connectivity index (χ0) is 7.40. The molecule has 1 aromatic carbocycles. The number of hydrogen-bond donors (Lipinski definition) is 0. The third kappa shape index (κ3) is 1.84. The van der Waals surface area contributed by atoms with Crippen LogP contribution in [0, 0.1) is 0 Å². The van der Waals surface area contributed by atoms with E-state index in [9.17, 15) is 0 Å². The van der Waals surface area contributed by atoms with Crippen molar-refractivity contribution in [3.8, 4) is 0 Å². The summed E-state index contributed by atoms with van der Waals surface area (Å²) in [5, 5.41) is 0. The Morgan fingerprint density at radius 2 is 1.90 bits per heavy atom. The summed E-state index contributed by atoms with van der Waals surface area (Å²) in [4.78, 5) is 0. The van der Waals surface area contributed by atoms with Crippen LogP contribution < -0.4 is 0 Å². The van der Waals surface area contributed by atoms with Crippen molar-refractivity contribution in [2.75, 3.05) is 0 Å². The van der Waals surface area contributed by atoms with Crippen LogP contribution in [-0.2, 0) is 0 Å². The maximum atomic E-state index is 4.17. The van der Waals surface area contributed by atoms with Crippen molar-refractivity contribution in [2.45, 2.75) is 6.92 Å². The van der Waals surface area contributed by atoms with E-state index in [4.69, 9.17) is 0 Å². The summed E-state index contributed by atoms with van der Waals surface area (Å²) in [5.41, 5.74) is 2.35. The third-order valence-electron chi connectivity index (χ3n) is 1.36. The van der Waals surface area contributed by atoms with Gasteiger partial charge < -0.3 is 0 Å². The van der Waals surface area contributed by atoms with Crippen LogP contribution in [0.3, 0.4) is 0 Å². The molecule has 1 aromatic rings. The van der Waals surface area contributed by atoms with Crippen LogP contribution in [0.15, 0.2) is 33.5 Å². The Kier molecular flexibility index (Phi) is 2.93. The fraction of sp³-hybridized carbons (Fsp3) is 0.125. The summed E-state index contributed by atoms with van der Waals surface area (Å²) in [6, 6.07) is 10.2. The number of hydrogen-bond acceptors (Lipinski definition) is 1. The summed E-state index contributed by atoms with van der Waals surface area (Å²) in [5.74, 6) is 0. The second-order valence-electron chi connectivity index (χ2n) is 2.06. The predicted octanol–water partition coefficient (Wildman–Crippen LogP) is 1.58. The Hall–Kier alpha value is -0.311. The van der Waals surface area contributed by atoms with Crippen molar-refractivity contribution in [1.29, 1.82) is 0 Å². The average molecular weight is 237 g/mol. The van der Waals surface area contributed by atoms with E-state index in [1.165, 1.54) is 28.4 Å². The molecule has 0 amide bonds. The van der Waals surface area contributed by atoms with Gasteiger partial charge in [0.15, 0.2) is 0 Å². The molecule has 0 saturated carbocycles. The monoisotopic (exact) mass is 238 g/mol. The summed E-state index contributed by atoms with van der Waals surface area (Å²) < 4.78 is 4.17. The van der Waals surface area contributed by atoms with E-state index in [0.717, 1.165) is 5.71 Å². The standard InChI is InChI=1S/C8H8N.Sn/c1-7(9)8-5-3-2-4-6-8;/h2-6H,1H3;/q-1;+1. The van der Waals surface area contributed by atoms with Crippen LogP contribution in [0.5, 0.6) is 0 Å². The van der Waals surface area contributed by atoms with E-state index < -0.39 is 0 Å². The van der Waals surface area contributed by atoms with Crippen molar-refractivity contribution >= 4 is 28.5 Å². The molecule has 0 aliphatic carbocycles. The Bertz CT molecular complexity index is 228. The quantitative estimate of drug-likeness (QED) is 0.519. The van der Waals surface area contributed by atoms with Crippen LogP contribution in [0.1, 0.15) is 12.5 Å². The van der Waals surface area contributed by atoms with E-state index in [1.807, 2.05) is 25.1 Å². The molecular weight excluding hydrogens is 229 g/mol. The first kappa shape index (κ1) is 7.79. The van der Waals surface area contributed by atoms with Crippen LogP contribution in [0.4, 0.5) is 0 Å². The van der Waals surface area contributed by atoms with Gasteiger partial charge in [-0.25, -0.2) is 0 Å². The predicted molar refractivity (Wildman–Crippen MR) is 44.4 cm³/mol. The Morgan fingerprint density at radius 3 is 2.40 bits per heavy atom. The van der Waals surface area contributed by atoms with Gasteiger partial charge in [-0.05, 0) is 0 Å². The van der Waals surface area contributed by atoms with Gasteiger partial charge in [0.1, 0.15) is 0 Å². The third-order valence-corrected chi connectivity index (χ3v) is 2.32. The SMILES string of the molecule is C/C(=[N]\[Sn])c1ccccc1. The number of rotatable bonds is 1. The van der Waals surface area contributed by atoms with Gasteiger partial charge in [0.25, 0.3) is 0 Å². The molecule has 2 heteroatoms. The molecule has 0 aliphatic heterocycles. The van der Waals surface area contributed by atoms with E-state index in [2.05, 4.69) is 15.3 Å². The van der Waals surface area contributed by atoms with Gasteiger partial charge in [0.2, 0.25) is 0 Å². The first-order valence-corrected chi connectivity index (χ1v) is 4.38. The molecule has 0 bridgehead atoms. The zero-order valence-corrected chi connectivity index (χ0v) is 8.69. The molecule has 0 N–H and O–H groups in total. The average Bonchev–Trinajstić information content (AvgIpc) is 2.05. The summed E-state index contributed by atoms with van der Waals surface area (Å²) in [6.07, 6.45) is 0. The summed E-state index contributed by atoms with van der Waals surface area (Å²) in [6.45, 7) is 2.03. The van der Waals surface area contributed by atoms with Gasteiger partial charge in [-0.2, -0.15) is 0 Å². The molecule has 0 fully saturated rings. The number of benzene rings is 1. The molecule has 0 spiro atoms. The molecule has 3 radical (unpaired) electrons. The molecule has 0 heterocycles. The van der Waals surface area contributed by atoms with Crippen molar-refractivity contribution in [3.63, 3.8) is 0 Å². The van der Waals surface area contributed by atoms with E-state index in [-0.39, 0.29) is 0 Å². The summed E-state index contributed by atoms with van der Waals surface area (Å²) in [7, 11) is 0. The molecule has 1 nitrogen and oxygen atoms in total.